The number of hydrogen-bond acceptors (Lipinski definition) is 7. The third kappa shape index (κ3) is 6.17. The van der Waals surface area contributed by atoms with Gasteiger partial charge in [-0.05, 0) is 67.1 Å². The number of nitriles is 1. The average Bonchev–Trinajstić information content (AvgIpc) is 3.40. The summed E-state index contributed by atoms with van der Waals surface area (Å²) >= 11 is 1.23. The van der Waals surface area contributed by atoms with Crippen molar-refractivity contribution in [3.63, 3.8) is 0 Å². The van der Waals surface area contributed by atoms with Crippen molar-refractivity contribution in [2.45, 2.75) is 46.6 Å². The number of anilines is 3. The predicted octanol–water partition coefficient (Wildman–Crippen LogP) is 7.30. The molecule has 2 aromatic heterocycles. The maximum absolute atomic E-state index is 13.6. The van der Waals surface area contributed by atoms with Gasteiger partial charge in [0.05, 0.1) is 22.4 Å². The fourth-order valence-corrected chi connectivity index (χ4v) is 6.80. The molecule has 0 aliphatic carbocycles. The molecule has 4 aromatic rings. The Hall–Kier alpha value is -5.21. The number of pyridine rings is 1. The van der Waals surface area contributed by atoms with Gasteiger partial charge in [-0.3, -0.25) is 14.5 Å². The number of allylic oxidation sites excluding steroid dienone is 1. The zero-order chi connectivity index (χ0) is 32.6. The third-order valence-corrected chi connectivity index (χ3v) is 8.98. The zero-order valence-electron chi connectivity index (χ0n) is 26.1. The Balaban J connectivity index is 1.19. The minimum Gasteiger partial charge on any atom is -0.457 e. The minimum absolute atomic E-state index is 0.138. The quantitative estimate of drug-likeness (QED) is 0.169. The first kappa shape index (κ1) is 30.8. The summed E-state index contributed by atoms with van der Waals surface area (Å²) in [6, 6.07) is 18.3. The number of carbonyl (C=O) groups excluding carboxylic acids is 3. The molecule has 6 rings (SSSR count). The van der Waals surface area contributed by atoms with Crippen LogP contribution in [-0.2, 0) is 4.79 Å². The van der Waals surface area contributed by atoms with Gasteiger partial charge >= 0.3 is 6.03 Å². The maximum atomic E-state index is 13.6. The molecule has 46 heavy (non-hydrogen) atoms. The summed E-state index contributed by atoms with van der Waals surface area (Å²) in [6.07, 6.45) is 4.45. The van der Waals surface area contributed by atoms with Crippen LogP contribution in [0.4, 0.5) is 21.9 Å². The van der Waals surface area contributed by atoms with E-state index in [4.69, 9.17) is 4.74 Å². The third-order valence-electron chi connectivity index (χ3n) is 7.89. The molecule has 0 bridgehead atoms. The van der Waals surface area contributed by atoms with Crippen LogP contribution in [0.15, 0.2) is 72.4 Å². The van der Waals surface area contributed by atoms with E-state index in [1.165, 1.54) is 11.3 Å². The van der Waals surface area contributed by atoms with Crippen LogP contribution in [0.3, 0.4) is 0 Å². The largest absolute Gasteiger partial charge is 0.457 e. The second kappa shape index (κ2) is 12.3. The number of likely N-dealkylation sites (tertiary alicyclic amines) is 1. The Morgan fingerprint density at radius 3 is 2.50 bits per heavy atom. The summed E-state index contributed by atoms with van der Waals surface area (Å²) in [5, 5.41) is 16.3. The monoisotopic (exact) mass is 634 g/mol. The molecule has 4 amide bonds. The Bertz CT molecular complexity index is 1910. The highest BCUT2D eigenvalue weighted by molar-refractivity contribution is 7.21. The maximum Gasteiger partial charge on any atom is 0.331 e. The molecule has 2 aromatic carbocycles. The van der Waals surface area contributed by atoms with Gasteiger partial charge in [0, 0.05) is 25.3 Å². The van der Waals surface area contributed by atoms with Gasteiger partial charge in [-0.25, -0.2) is 9.78 Å². The first-order chi connectivity index (χ1) is 22.0. The Morgan fingerprint density at radius 2 is 1.83 bits per heavy atom. The molecule has 2 aliphatic rings. The topological polar surface area (TPSA) is 128 Å². The van der Waals surface area contributed by atoms with Crippen LogP contribution in [0.2, 0.25) is 0 Å². The Kier molecular flexibility index (Phi) is 8.23. The summed E-state index contributed by atoms with van der Waals surface area (Å²) in [4.78, 5) is 49.0. The zero-order valence-corrected chi connectivity index (χ0v) is 26.9. The van der Waals surface area contributed by atoms with E-state index in [9.17, 15) is 19.6 Å². The number of carbonyl (C=O) groups is 3. The average molecular weight is 635 g/mol. The predicted molar refractivity (Wildman–Crippen MR) is 179 cm³/mol. The van der Waals surface area contributed by atoms with E-state index in [2.05, 4.69) is 15.6 Å². The van der Waals surface area contributed by atoms with Crippen LogP contribution >= 0.6 is 11.3 Å². The van der Waals surface area contributed by atoms with Crippen molar-refractivity contribution in [2.24, 2.45) is 5.41 Å². The van der Waals surface area contributed by atoms with E-state index in [1.807, 2.05) is 82.3 Å². The summed E-state index contributed by atoms with van der Waals surface area (Å²) in [5.74, 6) is 0.791. The van der Waals surface area contributed by atoms with Gasteiger partial charge in [0.1, 0.15) is 32.8 Å². The molecule has 0 unspecified atom stereocenters. The van der Waals surface area contributed by atoms with Crippen molar-refractivity contribution >= 4 is 56.5 Å². The number of piperidine rings is 1. The highest BCUT2D eigenvalue weighted by Crippen LogP contribution is 2.46. The van der Waals surface area contributed by atoms with Crippen molar-refractivity contribution in [1.82, 2.24) is 15.2 Å². The molecule has 0 saturated carbocycles. The van der Waals surface area contributed by atoms with Gasteiger partial charge in [-0.2, -0.15) is 5.26 Å². The Labute approximate surface area is 271 Å². The van der Waals surface area contributed by atoms with Crippen LogP contribution < -0.4 is 20.3 Å². The number of para-hydroxylation sites is 1. The molecule has 11 heteroatoms. The SMILES string of the molecule is Cc1cc(Oc2ccccc2)ccc1N1C(=O)Nc2c(C(=O)NC3CCN(C(=O)C(C#N)=CC(C)(C)C)CC3)sc3nccc1c23. The second-order valence-corrected chi connectivity index (χ2v) is 13.5. The van der Waals surface area contributed by atoms with Gasteiger partial charge in [0.15, 0.2) is 0 Å². The van der Waals surface area contributed by atoms with E-state index in [0.717, 1.165) is 11.3 Å². The van der Waals surface area contributed by atoms with Crippen molar-refractivity contribution < 1.29 is 19.1 Å². The summed E-state index contributed by atoms with van der Waals surface area (Å²) < 4.78 is 5.98. The van der Waals surface area contributed by atoms with E-state index >= 15 is 0 Å². The van der Waals surface area contributed by atoms with Crippen molar-refractivity contribution in [3.8, 4) is 17.6 Å². The number of aromatic nitrogens is 1. The first-order valence-electron chi connectivity index (χ1n) is 15.1. The van der Waals surface area contributed by atoms with Gasteiger partial charge < -0.3 is 20.3 Å². The lowest BCUT2D eigenvalue weighted by Crippen LogP contribution is -2.47. The number of ether oxygens (including phenoxy) is 1. The number of amides is 4. The van der Waals surface area contributed by atoms with Gasteiger partial charge in [0.2, 0.25) is 0 Å². The van der Waals surface area contributed by atoms with Crippen molar-refractivity contribution in [3.05, 3.63) is 82.9 Å². The number of rotatable bonds is 6. The van der Waals surface area contributed by atoms with Gasteiger partial charge in [-0.1, -0.05) is 45.0 Å². The van der Waals surface area contributed by atoms with Crippen LogP contribution in [0.1, 0.15) is 48.8 Å². The molecular formula is C35H34N6O4S. The molecule has 0 spiro atoms. The molecule has 10 nitrogen and oxygen atoms in total. The summed E-state index contributed by atoms with van der Waals surface area (Å²) in [6.45, 7) is 8.61. The van der Waals surface area contributed by atoms with Crippen molar-refractivity contribution in [2.75, 3.05) is 23.3 Å². The van der Waals surface area contributed by atoms with Gasteiger partial charge in [0.25, 0.3) is 11.8 Å². The number of hydrogen-bond donors (Lipinski definition) is 2. The summed E-state index contributed by atoms with van der Waals surface area (Å²) in [5.41, 5.74) is 2.46. The lowest BCUT2D eigenvalue weighted by Gasteiger charge is -2.32. The van der Waals surface area contributed by atoms with E-state index < -0.39 is 0 Å². The molecule has 4 heterocycles. The molecule has 234 valence electrons. The highest BCUT2D eigenvalue weighted by atomic mass is 32.1. The second-order valence-electron chi connectivity index (χ2n) is 12.5. The highest BCUT2D eigenvalue weighted by Gasteiger charge is 2.34. The fourth-order valence-electron chi connectivity index (χ4n) is 5.77. The van der Waals surface area contributed by atoms with Crippen molar-refractivity contribution in [1.29, 1.82) is 5.26 Å². The van der Waals surface area contributed by atoms with Crippen LogP contribution in [-0.4, -0.2) is 46.9 Å². The van der Waals surface area contributed by atoms with E-state index in [-0.39, 0.29) is 34.9 Å². The normalized spacial score (nSPS) is 15.4. The lowest BCUT2D eigenvalue weighted by atomic mass is 9.93. The number of aryl methyl sites for hydroxylation is 1. The molecular weight excluding hydrogens is 600 g/mol. The van der Waals surface area contributed by atoms with E-state index in [0.29, 0.717) is 63.8 Å². The first-order valence-corrected chi connectivity index (χ1v) is 15.9. The fraction of sp³-hybridized carbons (Fsp3) is 0.286. The lowest BCUT2D eigenvalue weighted by molar-refractivity contribution is -0.127. The smallest absolute Gasteiger partial charge is 0.331 e. The molecule has 0 atom stereocenters. The standard InChI is InChI=1S/C35H34N6O4S/c1-21-18-25(45-24-8-6-5-7-9-24)10-11-26(21)41-27-12-15-37-32-28(27)29(39-34(41)44)30(46-32)31(42)38-23-13-16-40(17-14-23)33(43)22(20-36)19-35(2,3)4/h5-12,15,18-19,23H,13-14,16-17H2,1-4H3,(H,38,42)(H,39,44). The van der Waals surface area contributed by atoms with Gasteiger partial charge in [-0.15, -0.1) is 11.3 Å². The molecule has 0 radical (unpaired) electrons. The van der Waals surface area contributed by atoms with E-state index in [1.54, 1.807) is 28.1 Å². The number of thiophene rings is 1. The molecule has 2 aliphatic heterocycles. The summed E-state index contributed by atoms with van der Waals surface area (Å²) in [7, 11) is 0. The van der Waals surface area contributed by atoms with Crippen LogP contribution in [0.5, 0.6) is 11.5 Å². The number of nitrogens with zero attached hydrogens (tertiary/aromatic N) is 4. The van der Waals surface area contributed by atoms with Crippen LogP contribution in [0.25, 0.3) is 10.2 Å². The molecule has 2 N–H and O–H groups in total. The number of urea groups is 1. The number of nitrogens with one attached hydrogen (secondary N) is 2. The number of benzene rings is 2. The van der Waals surface area contributed by atoms with Crippen LogP contribution in [0, 0.1) is 23.7 Å². The molecule has 1 fully saturated rings. The minimum atomic E-state index is -0.379. The molecule has 1 saturated heterocycles. The Morgan fingerprint density at radius 1 is 1.09 bits per heavy atom.